The highest BCUT2D eigenvalue weighted by Gasteiger charge is 2.58. The van der Waals surface area contributed by atoms with Gasteiger partial charge in [-0.25, -0.2) is 0 Å². The molecule has 0 aromatic carbocycles. The molecule has 4 rings (SSSR count). The molecular formula is C24H40O. The van der Waals surface area contributed by atoms with Crippen LogP contribution in [0.3, 0.4) is 0 Å². The molecule has 1 nitrogen and oxygen atoms in total. The molecule has 4 aliphatic carbocycles. The molecule has 0 radical (unpaired) electrons. The minimum atomic E-state index is -0.0726. The Kier molecular flexibility index (Phi) is 4.63. The number of aliphatic hydroxyl groups is 1. The van der Waals surface area contributed by atoms with E-state index in [0.717, 1.165) is 42.4 Å². The smallest absolute Gasteiger partial charge is 0.0577 e. The molecule has 0 bridgehead atoms. The SMILES string of the molecule is CC(C)CC[C@H]1CCC2C3CC=C4CC(O)CCC4(C)C3CCC21C. The largest absolute Gasteiger partial charge is 0.393 e. The molecule has 4 aliphatic rings. The second-order valence-electron chi connectivity index (χ2n) is 10.9. The Bertz CT molecular complexity index is 534. The van der Waals surface area contributed by atoms with E-state index in [1.165, 1.54) is 51.4 Å². The Balaban J connectivity index is 1.56. The van der Waals surface area contributed by atoms with Crippen LogP contribution in [0.15, 0.2) is 11.6 Å². The van der Waals surface area contributed by atoms with Crippen LogP contribution in [0.25, 0.3) is 0 Å². The summed E-state index contributed by atoms with van der Waals surface area (Å²) in [7, 11) is 0. The van der Waals surface area contributed by atoms with E-state index in [4.69, 9.17) is 0 Å². The van der Waals surface area contributed by atoms with Gasteiger partial charge in [0.05, 0.1) is 6.10 Å². The monoisotopic (exact) mass is 344 g/mol. The Morgan fingerprint density at radius 2 is 1.88 bits per heavy atom. The van der Waals surface area contributed by atoms with Crippen molar-refractivity contribution in [3.8, 4) is 0 Å². The molecule has 6 unspecified atom stereocenters. The Morgan fingerprint density at radius 3 is 2.64 bits per heavy atom. The second kappa shape index (κ2) is 6.39. The van der Waals surface area contributed by atoms with Gasteiger partial charge in [0.15, 0.2) is 0 Å². The minimum Gasteiger partial charge on any atom is -0.393 e. The first kappa shape index (κ1) is 18.1. The van der Waals surface area contributed by atoms with Gasteiger partial charge in [-0.3, -0.25) is 0 Å². The average Bonchev–Trinajstić information content (AvgIpc) is 2.90. The number of allylic oxidation sites excluding steroid dienone is 1. The van der Waals surface area contributed by atoms with Crippen LogP contribution in [0.5, 0.6) is 0 Å². The first-order chi connectivity index (χ1) is 11.8. The van der Waals surface area contributed by atoms with Gasteiger partial charge in [-0.15, -0.1) is 0 Å². The topological polar surface area (TPSA) is 20.2 Å². The molecule has 0 saturated heterocycles. The fraction of sp³-hybridized carbons (Fsp3) is 0.917. The first-order valence-corrected chi connectivity index (χ1v) is 11.2. The summed E-state index contributed by atoms with van der Waals surface area (Å²) in [5.41, 5.74) is 2.64. The van der Waals surface area contributed by atoms with E-state index >= 15 is 0 Å². The highest BCUT2D eigenvalue weighted by Crippen LogP contribution is 2.66. The van der Waals surface area contributed by atoms with E-state index in [-0.39, 0.29) is 6.10 Å². The minimum absolute atomic E-state index is 0.0726. The lowest BCUT2D eigenvalue weighted by molar-refractivity contribution is -0.0511. The van der Waals surface area contributed by atoms with Gasteiger partial charge < -0.3 is 5.11 Å². The molecule has 7 atom stereocenters. The zero-order valence-electron chi connectivity index (χ0n) is 17.1. The summed E-state index contributed by atoms with van der Waals surface area (Å²) in [6, 6.07) is 0. The summed E-state index contributed by atoms with van der Waals surface area (Å²) >= 11 is 0. The van der Waals surface area contributed by atoms with E-state index < -0.39 is 0 Å². The van der Waals surface area contributed by atoms with Gasteiger partial charge in [0, 0.05) is 0 Å². The molecule has 3 saturated carbocycles. The summed E-state index contributed by atoms with van der Waals surface area (Å²) in [6.45, 7) is 9.99. The van der Waals surface area contributed by atoms with E-state index in [2.05, 4.69) is 33.8 Å². The van der Waals surface area contributed by atoms with Gasteiger partial charge in [0.2, 0.25) is 0 Å². The highest BCUT2D eigenvalue weighted by molar-refractivity contribution is 5.25. The van der Waals surface area contributed by atoms with Crippen LogP contribution >= 0.6 is 0 Å². The van der Waals surface area contributed by atoms with Crippen LogP contribution in [0.1, 0.15) is 91.9 Å². The lowest BCUT2D eigenvalue weighted by Crippen LogP contribution is -2.50. The van der Waals surface area contributed by atoms with Gasteiger partial charge in [0.1, 0.15) is 0 Å². The zero-order chi connectivity index (χ0) is 17.8. The summed E-state index contributed by atoms with van der Waals surface area (Å²) in [6.07, 6.45) is 15.8. The Morgan fingerprint density at radius 1 is 1.08 bits per heavy atom. The highest BCUT2D eigenvalue weighted by atomic mass is 16.3. The molecule has 1 heteroatoms. The van der Waals surface area contributed by atoms with Crippen molar-refractivity contribution in [2.75, 3.05) is 0 Å². The number of hydrogen-bond donors (Lipinski definition) is 1. The van der Waals surface area contributed by atoms with Gasteiger partial charge in [0.25, 0.3) is 0 Å². The van der Waals surface area contributed by atoms with Crippen molar-refractivity contribution in [1.29, 1.82) is 0 Å². The molecular weight excluding hydrogens is 304 g/mol. The third-order valence-electron chi connectivity index (χ3n) is 9.37. The first-order valence-electron chi connectivity index (χ1n) is 11.2. The maximum absolute atomic E-state index is 10.1. The van der Waals surface area contributed by atoms with Crippen molar-refractivity contribution in [1.82, 2.24) is 0 Å². The van der Waals surface area contributed by atoms with Crippen molar-refractivity contribution in [2.24, 2.45) is 40.4 Å². The van der Waals surface area contributed by atoms with E-state index in [1.54, 1.807) is 5.57 Å². The van der Waals surface area contributed by atoms with Gasteiger partial charge in [-0.05, 0) is 98.2 Å². The van der Waals surface area contributed by atoms with Crippen LogP contribution in [0.2, 0.25) is 0 Å². The quantitative estimate of drug-likeness (QED) is 0.590. The van der Waals surface area contributed by atoms with Crippen molar-refractivity contribution in [3.63, 3.8) is 0 Å². The molecule has 0 aromatic rings. The number of fused-ring (bicyclic) bond motifs is 5. The standard InChI is InChI=1S/C24H40O/c1-16(2)5-6-17-8-10-21-20-9-7-18-15-19(25)11-13-24(18,4)22(20)12-14-23(17,21)3/h7,16-17,19-22,25H,5-6,8-15H2,1-4H3/t17-,19?,20?,21?,22?,23?,24?/m0/s1. The fourth-order valence-corrected chi connectivity index (χ4v) is 7.76. The van der Waals surface area contributed by atoms with Crippen LogP contribution in [-0.4, -0.2) is 11.2 Å². The molecule has 0 amide bonds. The molecule has 1 N–H and O–H groups in total. The van der Waals surface area contributed by atoms with Crippen LogP contribution in [-0.2, 0) is 0 Å². The normalized spacial score (nSPS) is 49.4. The molecule has 0 aromatic heterocycles. The van der Waals surface area contributed by atoms with Crippen LogP contribution in [0.4, 0.5) is 0 Å². The van der Waals surface area contributed by atoms with Crippen molar-refractivity contribution >= 4 is 0 Å². The maximum Gasteiger partial charge on any atom is 0.0577 e. The van der Waals surface area contributed by atoms with Crippen LogP contribution in [0, 0.1) is 40.4 Å². The van der Waals surface area contributed by atoms with Crippen molar-refractivity contribution in [2.45, 2.75) is 98.0 Å². The van der Waals surface area contributed by atoms with Crippen LogP contribution < -0.4 is 0 Å². The van der Waals surface area contributed by atoms with E-state index in [0.29, 0.717) is 10.8 Å². The molecule has 0 spiro atoms. The maximum atomic E-state index is 10.1. The summed E-state index contributed by atoms with van der Waals surface area (Å²) < 4.78 is 0. The fourth-order valence-electron chi connectivity index (χ4n) is 7.76. The lowest BCUT2D eigenvalue weighted by Gasteiger charge is -2.58. The number of aliphatic hydroxyl groups excluding tert-OH is 1. The number of hydrogen-bond acceptors (Lipinski definition) is 1. The molecule has 0 heterocycles. The summed E-state index contributed by atoms with van der Waals surface area (Å²) in [4.78, 5) is 0. The molecule has 142 valence electrons. The summed E-state index contributed by atoms with van der Waals surface area (Å²) in [5, 5.41) is 10.1. The van der Waals surface area contributed by atoms with Crippen molar-refractivity contribution in [3.05, 3.63) is 11.6 Å². The van der Waals surface area contributed by atoms with Gasteiger partial charge in [-0.2, -0.15) is 0 Å². The second-order valence-corrected chi connectivity index (χ2v) is 10.9. The third-order valence-corrected chi connectivity index (χ3v) is 9.37. The third kappa shape index (κ3) is 2.84. The molecule has 0 aliphatic heterocycles. The predicted molar refractivity (Wildman–Crippen MR) is 105 cm³/mol. The van der Waals surface area contributed by atoms with Crippen molar-refractivity contribution < 1.29 is 5.11 Å². The Hall–Kier alpha value is -0.300. The summed E-state index contributed by atoms with van der Waals surface area (Å²) in [5.74, 6) is 4.61. The number of rotatable bonds is 3. The lowest BCUT2D eigenvalue weighted by atomic mass is 9.47. The predicted octanol–water partition coefficient (Wildman–Crippen LogP) is 6.36. The average molecular weight is 345 g/mol. The van der Waals surface area contributed by atoms with E-state index in [1.807, 2.05) is 0 Å². The van der Waals surface area contributed by atoms with Gasteiger partial charge >= 0.3 is 0 Å². The van der Waals surface area contributed by atoms with Gasteiger partial charge in [-0.1, -0.05) is 45.8 Å². The Labute approximate surface area is 155 Å². The molecule has 25 heavy (non-hydrogen) atoms. The van der Waals surface area contributed by atoms with E-state index in [9.17, 15) is 5.11 Å². The molecule has 3 fully saturated rings. The zero-order valence-corrected chi connectivity index (χ0v) is 17.1.